The van der Waals surface area contributed by atoms with Crippen molar-refractivity contribution in [3.05, 3.63) is 18.0 Å². The number of hydrogen-bond acceptors (Lipinski definition) is 2. The van der Waals surface area contributed by atoms with Gasteiger partial charge < -0.3 is 0 Å². The molecule has 108 valence electrons. The van der Waals surface area contributed by atoms with Crippen molar-refractivity contribution in [3.63, 3.8) is 0 Å². The predicted octanol–water partition coefficient (Wildman–Crippen LogP) is 2.66. The zero-order valence-electron chi connectivity index (χ0n) is 9.72. The minimum absolute atomic E-state index is 0.224. The molecular weight excluding hydrogens is 278 g/mol. The molecule has 0 amide bonds. The van der Waals surface area contributed by atoms with Gasteiger partial charge >= 0.3 is 12.4 Å². The zero-order valence-corrected chi connectivity index (χ0v) is 9.72. The Kier molecular flexibility index (Phi) is 4.26. The first-order valence-electron chi connectivity index (χ1n) is 5.16. The molecule has 0 bridgehead atoms. The van der Waals surface area contributed by atoms with E-state index in [2.05, 4.69) is 5.10 Å². The molecule has 1 aromatic rings. The summed E-state index contributed by atoms with van der Waals surface area (Å²) in [6.45, 7) is 0. The number of aryl methyl sites for hydroxylation is 2. The van der Waals surface area contributed by atoms with E-state index in [9.17, 15) is 31.1 Å². The van der Waals surface area contributed by atoms with Gasteiger partial charge in [-0.2, -0.15) is 31.4 Å². The fraction of sp³-hybridized carbons (Fsp3) is 0.600. The Morgan fingerprint density at radius 3 is 2.16 bits per heavy atom. The molecule has 0 spiro atoms. The largest absolute Gasteiger partial charge is 0.407 e. The molecule has 3 nitrogen and oxygen atoms in total. The number of alkyl halides is 6. The Hall–Kier alpha value is -1.54. The molecule has 0 unspecified atom stereocenters. The standard InChI is InChI=1S/C10H10F6N2O/c1-18-6(4-5-17-18)2-3-7(19)8(9(11,12)13)10(14,15)16/h4-5,8H,2-3H2,1H3. The molecule has 0 aliphatic heterocycles. The molecule has 0 fully saturated rings. The van der Waals surface area contributed by atoms with Crippen molar-refractivity contribution < 1.29 is 31.1 Å². The molecule has 1 aromatic heterocycles. The molecule has 1 rings (SSSR count). The molecule has 0 atom stereocenters. The number of halogens is 6. The number of carbonyl (C=O) groups is 1. The van der Waals surface area contributed by atoms with Gasteiger partial charge in [-0.15, -0.1) is 0 Å². The van der Waals surface area contributed by atoms with Gasteiger partial charge in [0, 0.05) is 25.4 Å². The molecule has 0 aromatic carbocycles. The van der Waals surface area contributed by atoms with Crippen LogP contribution in [0.5, 0.6) is 0 Å². The molecular formula is C10H10F6N2O. The van der Waals surface area contributed by atoms with Gasteiger partial charge in [0.1, 0.15) is 0 Å². The van der Waals surface area contributed by atoms with Crippen molar-refractivity contribution in [1.29, 1.82) is 0 Å². The third-order valence-electron chi connectivity index (χ3n) is 2.53. The van der Waals surface area contributed by atoms with Gasteiger partial charge in [0.25, 0.3) is 0 Å². The summed E-state index contributed by atoms with van der Waals surface area (Å²) < 4.78 is 74.8. The fourth-order valence-corrected chi connectivity index (χ4v) is 1.59. The average Bonchev–Trinajstić information content (AvgIpc) is 2.56. The van der Waals surface area contributed by atoms with Gasteiger partial charge in [-0.05, 0) is 12.5 Å². The maximum atomic E-state index is 12.3. The van der Waals surface area contributed by atoms with Crippen LogP contribution >= 0.6 is 0 Å². The minimum Gasteiger partial charge on any atom is -0.299 e. The lowest BCUT2D eigenvalue weighted by molar-refractivity contribution is -0.273. The molecule has 0 radical (unpaired) electrons. The lowest BCUT2D eigenvalue weighted by atomic mass is 9.98. The average molecular weight is 288 g/mol. The Balaban J connectivity index is 2.77. The highest BCUT2D eigenvalue weighted by atomic mass is 19.4. The van der Waals surface area contributed by atoms with E-state index < -0.39 is 30.5 Å². The van der Waals surface area contributed by atoms with Crippen LogP contribution in [0.15, 0.2) is 12.3 Å². The number of aromatic nitrogens is 2. The van der Waals surface area contributed by atoms with Crippen molar-refractivity contribution in [2.24, 2.45) is 13.0 Å². The lowest BCUT2D eigenvalue weighted by Gasteiger charge is -2.21. The summed E-state index contributed by atoms with van der Waals surface area (Å²) in [6.07, 6.45) is -11.0. The highest BCUT2D eigenvalue weighted by Gasteiger charge is 2.60. The van der Waals surface area contributed by atoms with E-state index in [-0.39, 0.29) is 6.42 Å². The molecule has 0 aliphatic carbocycles. The maximum absolute atomic E-state index is 12.3. The van der Waals surface area contributed by atoms with Crippen LogP contribution in [-0.2, 0) is 18.3 Å². The summed E-state index contributed by atoms with van der Waals surface area (Å²) in [5.74, 6) is -5.81. The SMILES string of the molecule is Cn1nccc1CCC(=O)C(C(F)(F)F)C(F)(F)F. The first-order valence-corrected chi connectivity index (χ1v) is 5.16. The minimum atomic E-state index is -5.62. The van der Waals surface area contributed by atoms with Crippen molar-refractivity contribution in [3.8, 4) is 0 Å². The first-order chi connectivity index (χ1) is 8.53. The van der Waals surface area contributed by atoms with Gasteiger partial charge in [0.05, 0.1) is 0 Å². The summed E-state index contributed by atoms with van der Waals surface area (Å²) in [7, 11) is 1.48. The van der Waals surface area contributed by atoms with Crippen LogP contribution < -0.4 is 0 Å². The highest BCUT2D eigenvalue weighted by molar-refractivity contribution is 5.82. The second-order valence-corrected chi connectivity index (χ2v) is 3.93. The molecule has 0 saturated carbocycles. The molecule has 19 heavy (non-hydrogen) atoms. The van der Waals surface area contributed by atoms with E-state index >= 15 is 0 Å². The van der Waals surface area contributed by atoms with E-state index in [1.54, 1.807) is 0 Å². The number of Topliss-reactive ketones (excluding diaryl/α,β-unsaturated/α-hetero) is 1. The smallest absolute Gasteiger partial charge is 0.299 e. The second-order valence-electron chi connectivity index (χ2n) is 3.93. The molecule has 0 aliphatic rings. The third kappa shape index (κ3) is 3.97. The summed E-state index contributed by atoms with van der Waals surface area (Å²) in [4.78, 5) is 11.2. The number of carbonyl (C=O) groups excluding carboxylic acids is 1. The molecule has 1 heterocycles. The Morgan fingerprint density at radius 1 is 1.26 bits per heavy atom. The van der Waals surface area contributed by atoms with E-state index in [1.165, 1.54) is 24.0 Å². The molecule has 9 heteroatoms. The van der Waals surface area contributed by atoms with Gasteiger partial charge in [0.2, 0.25) is 5.92 Å². The van der Waals surface area contributed by atoms with Crippen LogP contribution in [-0.4, -0.2) is 27.9 Å². The van der Waals surface area contributed by atoms with E-state index in [1.807, 2.05) is 0 Å². The monoisotopic (exact) mass is 288 g/mol. The van der Waals surface area contributed by atoms with Crippen molar-refractivity contribution >= 4 is 5.78 Å². The summed E-state index contributed by atoms with van der Waals surface area (Å²) >= 11 is 0. The predicted molar refractivity (Wildman–Crippen MR) is 52.1 cm³/mol. The van der Waals surface area contributed by atoms with Crippen LogP contribution in [0.2, 0.25) is 0 Å². The first kappa shape index (κ1) is 15.5. The molecule has 0 N–H and O–H groups in total. The Bertz CT molecular complexity index is 434. The maximum Gasteiger partial charge on any atom is 0.407 e. The lowest BCUT2D eigenvalue weighted by Crippen LogP contribution is -2.42. The fourth-order valence-electron chi connectivity index (χ4n) is 1.59. The topological polar surface area (TPSA) is 34.9 Å². The summed E-state index contributed by atoms with van der Waals surface area (Å²) in [5.41, 5.74) is 0.386. The number of nitrogens with zero attached hydrogens (tertiary/aromatic N) is 2. The van der Waals surface area contributed by atoms with Crippen LogP contribution in [0.3, 0.4) is 0 Å². The number of hydrogen-bond donors (Lipinski definition) is 0. The van der Waals surface area contributed by atoms with Crippen molar-refractivity contribution in [1.82, 2.24) is 9.78 Å². The van der Waals surface area contributed by atoms with Gasteiger partial charge in [-0.3, -0.25) is 9.48 Å². The number of ketones is 1. The highest BCUT2D eigenvalue weighted by Crippen LogP contribution is 2.40. The normalized spacial score (nSPS) is 13.1. The Labute approximate surface area is 104 Å². The van der Waals surface area contributed by atoms with E-state index in [0.29, 0.717) is 5.69 Å². The second kappa shape index (κ2) is 5.22. The summed E-state index contributed by atoms with van der Waals surface area (Å²) in [6, 6.07) is 1.42. The van der Waals surface area contributed by atoms with Gasteiger partial charge in [-0.1, -0.05) is 0 Å². The number of rotatable bonds is 4. The molecule has 0 saturated heterocycles. The van der Waals surface area contributed by atoms with Crippen LogP contribution in [0.4, 0.5) is 26.3 Å². The van der Waals surface area contributed by atoms with Crippen LogP contribution in [0, 0.1) is 5.92 Å². The van der Waals surface area contributed by atoms with Gasteiger partial charge in [0.15, 0.2) is 5.78 Å². The Morgan fingerprint density at radius 2 is 1.79 bits per heavy atom. The zero-order chi connectivity index (χ0) is 14.8. The van der Waals surface area contributed by atoms with Crippen molar-refractivity contribution in [2.75, 3.05) is 0 Å². The summed E-state index contributed by atoms with van der Waals surface area (Å²) in [5, 5.41) is 3.70. The van der Waals surface area contributed by atoms with Crippen LogP contribution in [0.1, 0.15) is 12.1 Å². The van der Waals surface area contributed by atoms with Gasteiger partial charge in [-0.25, -0.2) is 0 Å². The van der Waals surface area contributed by atoms with Crippen LogP contribution in [0.25, 0.3) is 0 Å². The third-order valence-corrected chi connectivity index (χ3v) is 2.53. The quantitative estimate of drug-likeness (QED) is 0.798. The van der Waals surface area contributed by atoms with E-state index in [4.69, 9.17) is 0 Å². The van der Waals surface area contributed by atoms with E-state index in [0.717, 1.165) is 0 Å². The van der Waals surface area contributed by atoms with Crippen molar-refractivity contribution in [2.45, 2.75) is 25.2 Å².